The highest BCUT2D eigenvalue weighted by Crippen LogP contribution is 2.29. The Bertz CT molecular complexity index is 549. The summed E-state index contributed by atoms with van der Waals surface area (Å²) in [4.78, 5) is 26.2. The van der Waals surface area contributed by atoms with Gasteiger partial charge >= 0.3 is 5.97 Å². The monoisotopic (exact) mass is 247 g/mol. The van der Waals surface area contributed by atoms with Gasteiger partial charge in [-0.3, -0.25) is 4.79 Å². The van der Waals surface area contributed by atoms with Gasteiger partial charge in [0.15, 0.2) is 5.82 Å². The van der Waals surface area contributed by atoms with Crippen molar-refractivity contribution in [3.8, 4) is 0 Å². The van der Waals surface area contributed by atoms with Gasteiger partial charge in [0, 0.05) is 12.3 Å². The number of nitrogens with one attached hydrogen (secondary N) is 2. The fourth-order valence-corrected chi connectivity index (χ4v) is 1.59. The number of carbonyl (C=O) groups is 2. The van der Waals surface area contributed by atoms with Gasteiger partial charge < -0.3 is 15.7 Å². The molecule has 0 saturated carbocycles. The summed E-state index contributed by atoms with van der Waals surface area (Å²) in [7, 11) is 0. The third kappa shape index (κ3) is 2.32. The van der Waals surface area contributed by atoms with Gasteiger partial charge in [0.1, 0.15) is 5.54 Å². The van der Waals surface area contributed by atoms with E-state index in [1.54, 1.807) is 19.9 Å². The molecule has 1 aromatic rings. The lowest BCUT2D eigenvalue weighted by molar-refractivity contribution is -0.131. The maximum atomic E-state index is 11.7. The molecule has 0 aliphatic carbocycles. The normalized spacial score (nSPS) is 16.9. The maximum absolute atomic E-state index is 11.7. The minimum atomic E-state index is -1.02. The third-order valence-corrected chi connectivity index (χ3v) is 2.57. The lowest BCUT2D eigenvalue weighted by Crippen LogP contribution is -2.47. The fraction of sp³-hybridized carbons (Fsp3) is 0.250. The van der Waals surface area contributed by atoms with Crippen LogP contribution in [0.15, 0.2) is 18.3 Å². The van der Waals surface area contributed by atoms with Crippen LogP contribution in [-0.2, 0) is 9.59 Å². The summed E-state index contributed by atoms with van der Waals surface area (Å²) in [5.74, 6) is -0.725. The summed E-state index contributed by atoms with van der Waals surface area (Å²) in [5, 5.41) is 14.3. The Balaban J connectivity index is 2.33. The predicted octanol–water partition coefficient (Wildman–Crippen LogP) is 1.32. The van der Waals surface area contributed by atoms with E-state index >= 15 is 0 Å². The van der Waals surface area contributed by atoms with Crippen molar-refractivity contribution in [2.45, 2.75) is 19.4 Å². The summed E-state index contributed by atoms with van der Waals surface area (Å²) in [6.07, 6.45) is 3.98. The van der Waals surface area contributed by atoms with Gasteiger partial charge in [-0.05, 0) is 31.6 Å². The van der Waals surface area contributed by atoms with E-state index in [-0.39, 0.29) is 5.91 Å². The molecule has 2 rings (SSSR count). The molecule has 2 heterocycles. The van der Waals surface area contributed by atoms with Crippen LogP contribution < -0.4 is 10.6 Å². The van der Waals surface area contributed by atoms with Crippen molar-refractivity contribution in [3.05, 3.63) is 23.9 Å². The highest BCUT2D eigenvalue weighted by Gasteiger charge is 2.33. The predicted molar refractivity (Wildman–Crippen MR) is 67.2 cm³/mol. The zero-order valence-corrected chi connectivity index (χ0v) is 10.0. The summed E-state index contributed by atoms with van der Waals surface area (Å²) in [6, 6.07) is 1.74. The number of carbonyl (C=O) groups excluding carboxylic acids is 1. The summed E-state index contributed by atoms with van der Waals surface area (Å²) >= 11 is 0. The standard InChI is InChI=1S/C12H13N3O3/c1-12(2)11(18)14-10-8(15-12)5-7(6-13-10)3-4-9(16)17/h3-6,15H,1-2H3,(H,16,17)(H,13,14,18)/b4-3+. The largest absolute Gasteiger partial charge is 0.478 e. The number of carboxylic acids is 1. The average molecular weight is 247 g/mol. The molecule has 0 saturated heterocycles. The number of amides is 1. The van der Waals surface area contributed by atoms with Crippen LogP contribution in [0.25, 0.3) is 6.08 Å². The molecule has 6 nitrogen and oxygen atoms in total. The van der Waals surface area contributed by atoms with Crippen molar-refractivity contribution < 1.29 is 14.7 Å². The van der Waals surface area contributed by atoms with E-state index in [4.69, 9.17) is 5.11 Å². The number of nitrogens with zero attached hydrogens (tertiary/aromatic N) is 1. The Morgan fingerprint density at radius 1 is 1.50 bits per heavy atom. The van der Waals surface area contributed by atoms with Gasteiger partial charge in [0.2, 0.25) is 0 Å². The fourth-order valence-electron chi connectivity index (χ4n) is 1.59. The highest BCUT2D eigenvalue weighted by molar-refractivity contribution is 6.04. The van der Waals surface area contributed by atoms with Crippen LogP contribution in [0.4, 0.5) is 11.5 Å². The zero-order chi connectivity index (χ0) is 13.3. The number of hydrogen-bond acceptors (Lipinski definition) is 4. The van der Waals surface area contributed by atoms with Gasteiger partial charge in [0.25, 0.3) is 5.91 Å². The number of aromatic nitrogens is 1. The number of hydrogen-bond donors (Lipinski definition) is 3. The molecule has 0 atom stereocenters. The molecule has 0 radical (unpaired) electrons. The Kier molecular flexibility index (Phi) is 2.78. The van der Waals surface area contributed by atoms with Crippen LogP contribution in [0, 0.1) is 0 Å². The summed E-state index contributed by atoms with van der Waals surface area (Å²) in [6.45, 7) is 3.51. The van der Waals surface area contributed by atoms with Crippen LogP contribution >= 0.6 is 0 Å². The lowest BCUT2D eigenvalue weighted by atomic mass is 10.0. The molecule has 0 spiro atoms. The smallest absolute Gasteiger partial charge is 0.328 e. The van der Waals surface area contributed by atoms with Gasteiger partial charge in [-0.1, -0.05) is 0 Å². The number of aliphatic carboxylic acids is 1. The molecule has 1 aromatic heterocycles. The molecule has 1 amide bonds. The Labute approximate surface area is 104 Å². The van der Waals surface area contributed by atoms with Gasteiger partial charge in [-0.15, -0.1) is 0 Å². The van der Waals surface area contributed by atoms with Crippen molar-refractivity contribution in [1.82, 2.24) is 4.98 Å². The minimum Gasteiger partial charge on any atom is -0.478 e. The van der Waals surface area contributed by atoms with E-state index < -0.39 is 11.5 Å². The Morgan fingerprint density at radius 3 is 2.89 bits per heavy atom. The van der Waals surface area contributed by atoms with Crippen molar-refractivity contribution in [1.29, 1.82) is 0 Å². The molecule has 0 fully saturated rings. The van der Waals surface area contributed by atoms with Gasteiger partial charge in [0.05, 0.1) is 5.69 Å². The van der Waals surface area contributed by atoms with E-state index in [1.165, 1.54) is 12.3 Å². The van der Waals surface area contributed by atoms with Crippen LogP contribution in [0.1, 0.15) is 19.4 Å². The maximum Gasteiger partial charge on any atom is 0.328 e. The van der Waals surface area contributed by atoms with Crippen LogP contribution in [0.5, 0.6) is 0 Å². The van der Waals surface area contributed by atoms with Crippen molar-refractivity contribution in [2.75, 3.05) is 10.6 Å². The number of rotatable bonds is 2. The second kappa shape index (κ2) is 4.14. The first-order valence-electron chi connectivity index (χ1n) is 5.39. The van der Waals surface area contributed by atoms with Gasteiger partial charge in [-0.25, -0.2) is 9.78 Å². The van der Waals surface area contributed by atoms with Gasteiger partial charge in [-0.2, -0.15) is 0 Å². The number of pyridine rings is 1. The molecule has 0 bridgehead atoms. The SMILES string of the molecule is CC1(C)Nc2cc(/C=C/C(=O)O)cnc2NC1=O. The molecule has 3 N–H and O–H groups in total. The Morgan fingerprint density at radius 2 is 2.22 bits per heavy atom. The molecule has 6 heteroatoms. The number of carboxylic acid groups (broad SMARTS) is 1. The molecule has 1 aliphatic rings. The molecule has 94 valence electrons. The van der Waals surface area contributed by atoms with Crippen LogP contribution in [-0.4, -0.2) is 27.5 Å². The van der Waals surface area contributed by atoms with E-state index in [0.717, 1.165) is 6.08 Å². The van der Waals surface area contributed by atoms with E-state index in [0.29, 0.717) is 17.1 Å². The first-order valence-corrected chi connectivity index (χ1v) is 5.39. The van der Waals surface area contributed by atoms with Crippen molar-refractivity contribution >= 4 is 29.5 Å². The molecule has 18 heavy (non-hydrogen) atoms. The molecular weight excluding hydrogens is 234 g/mol. The van der Waals surface area contributed by atoms with Crippen molar-refractivity contribution in [3.63, 3.8) is 0 Å². The molecule has 0 unspecified atom stereocenters. The third-order valence-electron chi connectivity index (χ3n) is 2.57. The second-order valence-electron chi connectivity index (χ2n) is 4.54. The summed E-state index contributed by atoms with van der Waals surface area (Å²) < 4.78 is 0. The zero-order valence-electron chi connectivity index (χ0n) is 10.0. The highest BCUT2D eigenvalue weighted by atomic mass is 16.4. The topological polar surface area (TPSA) is 91.3 Å². The van der Waals surface area contributed by atoms with Crippen LogP contribution in [0.2, 0.25) is 0 Å². The molecular formula is C12H13N3O3. The number of fused-ring (bicyclic) bond motifs is 1. The molecule has 1 aliphatic heterocycles. The van der Waals surface area contributed by atoms with E-state index in [9.17, 15) is 9.59 Å². The average Bonchev–Trinajstić information content (AvgIpc) is 2.27. The minimum absolute atomic E-state index is 0.156. The second-order valence-corrected chi connectivity index (χ2v) is 4.54. The van der Waals surface area contributed by atoms with E-state index in [1.807, 2.05) is 0 Å². The van der Waals surface area contributed by atoms with Crippen LogP contribution in [0.3, 0.4) is 0 Å². The van der Waals surface area contributed by atoms with Crippen molar-refractivity contribution in [2.24, 2.45) is 0 Å². The lowest BCUT2D eigenvalue weighted by Gasteiger charge is -2.32. The molecule has 0 aromatic carbocycles. The van der Waals surface area contributed by atoms with E-state index in [2.05, 4.69) is 15.6 Å². The summed E-state index contributed by atoms with van der Waals surface area (Å²) in [5.41, 5.74) is 0.604. The number of anilines is 2. The quantitative estimate of drug-likeness (QED) is 0.685. The Hall–Kier alpha value is -2.37. The first kappa shape index (κ1) is 12.1. The first-order chi connectivity index (χ1) is 8.38.